The first-order valence-corrected chi connectivity index (χ1v) is 14.9. The summed E-state index contributed by atoms with van der Waals surface area (Å²) < 4.78 is 0. The molecule has 4 N–H and O–H groups in total. The number of carbonyl (C=O) groups excluding carboxylic acids is 2. The number of rotatable bonds is 10. The number of hydrogen-bond acceptors (Lipinski definition) is 8. The van der Waals surface area contributed by atoms with Gasteiger partial charge in [-0.15, -0.1) is 0 Å². The Morgan fingerprint density at radius 1 is 0.550 bits per heavy atom. The van der Waals surface area contributed by atoms with Crippen LogP contribution >= 0.6 is 0 Å². The third-order valence-corrected chi connectivity index (χ3v) is 10.3. The lowest BCUT2D eigenvalue weighted by Crippen LogP contribution is -2.60. The van der Waals surface area contributed by atoms with E-state index in [1.807, 2.05) is 0 Å². The van der Waals surface area contributed by atoms with Crippen molar-refractivity contribution >= 4 is 23.8 Å². The molecule has 3 saturated carbocycles. The number of carboxylic acid groups (broad SMARTS) is 2. The van der Waals surface area contributed by atoms with E-state index in [1.54, 1.807) is 19.6 Å². The van der Waals surface area contributed by atoms with Crippen LogP contribution in [0.5, 0.6) is 0 Å². The molecule has 2 heterocycles. The number of carbonyl (C=O) groups is 4. The maximum atomic E-state index is 13.4. The van der Waals surface area contributed by atoms with Crippen molar-refractivity contribution in [2.24, 2.45) is 23.7 Å². The van der Waals surface area contributed by atoms with E-state index in [0.717, 1.165) is 38.5 Å². The number of nitrogens with zero attached hydrogens (tertiary/aromatic N) is 4. The fourth-order valence-electron chi connectivity index (χ4n) is 8.21. The van der Waals surface area contributed by atoms with Crippen LogP contribution in [0, 0.1) is 23.7 Å². The average molecular weight is 565 g/mol. The van der Waals surface area contributed by atoms with Gasteiger partial charge in [-0.3, -0.25) is 29.0 Å². The Kier molecular flexibility index (Phi) is 8.98. The van der Waals surface area contributed by atoms with E-state index in [1.165, 1.54) is 0 Å². The van der Waals surface area contributed by atoms with Crippen molar-refractivity contribution in [3.63, 3.8) is 0 Å². The van der Waals surface area contributed by atoms with Crippen molar-refractivity contribution in [2.75, 3.05) is 52.4 Å². The Morgan fingerprint density at radius 3 is 1.18 bits per heavy atom. The topological polar surface area (TPSA) is 162 Å². The molecule has 0 spiro atoms. The van der Waals surface area contributed by atoms with Crippen molar-refractivity contribution in [2.45, 2.75) is 75.7 Å². The first kappa shape index (κ1) is 29.2. The van der Waals surface area contributed by atoms with Crippen LogP contribution in [0.2, 0.25) is 0 Å². The van der Waals surface area contributed by atoms with E-state index in [-0.39, 0.29) is 86.0 Å². The van der Waals surface area contributed by atoms with Crippen molar-refractivity contribution in [1.82, 2.24) is 19.6 Å². The van der Waals surface area contributed by atoms with Crippen LogP contribution in [-0.4, -0.2) is 140 Å². The lowest BCUT2D eigenvalue weighted by Gasteiger charge is -2.45. The maximum absolute atomic E-state index is 13.4. The number of aliphatic hydroxyl groups excluding tert-OH is 2. The quantitative estimate of drug-likeness (QED) is 0.273. The number of aliphatic carboxylic acids is 2. The van der Waals surface area contributed by atoms with Gasteiger partial charge in [0.25, 0.3) is 0 Å². The summed E-state index contributed by atoms with van der Waals surface area (Å²) in [6, 6.07) is -0.764. The fourth-order valence-corrected chi connectivity index (χ4v) is 8.21. The Bertz CT molecular complexity index is 876. The molecular formula is C28H44N4O8. The predicted molar refractivity (Wildman–Crippen MR) is 142 cm³/mol. The van der Waals surface area contributed by atoms with Crippen LogP contribution in [0.3, 0.4) is 0 Å². The van der Waals surface area contributed by atoms with Gasteiger partial charge >= 0.3 is 11.9 Å². The molecule has 4 bridgehead atoms. The van der Waals surface area contributed by atoms with Crippen LogP contribution in [0.1, 0.15) is 51.4 Å². The third kappa shape index (κ3) is 6.29. The number of likely N-dealkylation sites (tertiary alicyclic amines) is 2. The molecule has 8 atom stereocenters. The van der Waals surface area contributed by atoms with Gasteiger partial charge in [-0.05, 0) is 38.5 Å². The number of carboxylic acids is 2. The summed E-state index contributed by atoms with van der Waals surface area (Å²) in [7, 11) is 0. The van der Waals surface area contributed by atoms with Gasteiger partial charge in [0.15, 0.2) is 0 Å². The van der Waals surface area contributed by atoms with Crippen LogP contribution in [0.15, 0.2) is 0 Å². The lowest BCUT2D eigenvalue weighted by molar-refractivity contribution is -0.148. The van der Waals surface area contributed by atoms with Crippen molar-refractivity contribution in [3.05, 3.63) is 0 Å². The molecule has 2 saturated heterocycles. The van der Waals surface area contributed by atoms with Crippen molar-refractivity contribution in [3.8, 4) is 0 Å². The number of piperidine rings is 2. The highest BCUT2D eigenvalue weighted by molar-refractivity contribution is 5.80. The number of amides is 2. The van der Waals surface area contributed by atoms with Gasteiger partial charge in [-0.2, -0.15) is 0 Å². The highest BCUT2D eigenvalue weighted by Crippen LogP contribution is 2.38. The van der Waals surface area contributed by atoms with Gasteiger partial charge in [0.2, 0.25) is 11.8 Å². The molecule has 5 aliphatic rings. The number of aliphatic hydroxyl groups is 2. The minimum atomic E-state index is -1.06. The third-order valence-electron chi connectivity index (χ3n) is 10.3. The smallest absolute Gasteiger partial charge is 0.317 e. The fraction of sp³-hybridized carbons (Fsp3) is 0.857. The molecule has 12 heteroatoms. The standard InChI is InChI=1S/C28H44N4O8/c33-23(31-9-17-5-6-18(10-31)27(17)39)13-29(15-25(35)36)21-3-1-2-4-22(21)30(16-26(37)38)14-24(34)32-11-19-7-8-20(12-32)28(19)40/h17-22,27-28,39-40H,1-16H2,(H,35,36)(H,37,38)/t17-,18+,19-,20?,21?,22?,27?,28?/m0/s1. The van der Waals surface area contributed by atoms with Gasteiger partial charge in [0, 0.05) is 61.9 Å². The van der Waals surface area contributed by atoms with Crippen LogP contribution in [-0.2, 0) is 19.2 Å². The Balaban J connectivity index is 1.30. The summed E-state index contributed by atoms with van der Waals surface area (Å²) in [4.78, 5) is 57.5. The zero-order chi connectivity index (χ0) is 28.6. The van der Waals surface area contributed by atoms with E-state index in [4.69, 9.17) is 0 Å². The second-order valence-corrected chi connectivity index (χ2v) is 12.8. The largest absolute Gasteiger partial charge is 0.480 e. The van der Waals surface area contributed by atoms with Crippen molar-refractivity contribution < 1.29 is 39.6 Å². The normalized spacial score (nSPS) is 35.4. The second-order valence-electron chi connectivity index (χ2n) is 12.8. The number of hydrogen-bond donors (Lipinski definition) is 4. The molecule has 0 aromatic heterocycles. The van der Waals surface area contributed by atoms with E-state index >= 15 is 0 Å². The predicted octanol–water partition coefficient (Wildman–Crippen LogP) is -0.471. The first-order valence-electron chi connectivity index (χ1n) is 14.9. The van der Waals surface area contributed by atoms with Gasteiger partial charge in [-0.25, -0.2) is 0 Å². The molecule has 0 aromatic carbocycles. The van der Waals surface area contributed by atoms with Gasteiger partial charge in [0.05, 0.1) is 38.4 Å². The van der Waals surface area contributed by atoms with Crippen LogP contribution in [0.4, 0.5) is 0 Å². The molecule has 2 amide bonds. The first-order chi connectivity index (χ1) is 19.1. The highest BCUT2D eigenvalue weighted by atomic mass is 16.4. The summed E-state index contributed by atoms with van der Waals surface area (Å²) in [5.74, 6) is -2.23. The molecule has 2 aliphatic heterocycles. The molecule has 40 heavy (non-hydrogen) atoms. The summed E-state index contributed by atoms with van der Waals surface area (Å²) in [6.07, 6.45) is 5.64. The molecule has 0 aromatic rings. The Hall–Kier alpha value is -2.28. The average Bonchev–Trinajstić information content (AvgIpc) is 3.22. The van der Waals surface area contributed by atoms with E-state index in [0.29, 0.717) is 39.0 Å². The molecule has 5 rings (SSSR count). The Morgan fingerprint density at radius 2 is 0.875 bits per heavy atom. The minimum absolute atomic E-state index is 0.0567. The molecule has 3 aliphatic carbocycles. The summed E-state index contributed by atoms with van der Waals surface area (Å²) in [5.41, 5.74) is 0. The zero-order valence-electron chi connectivity index (χ0n) is 23.1. The molecule has 0 radical (unpaired) electrons. The minimum Gasteiger partial charge on any atom is -0.480 e. The number of fused-ring (bicyclic) bond motifs is 4. The SMILES string of the molecule is O=C(O)CN(CC(=O)N1CC2CC[C@@H](C1)C2O)C1CCCCC1N(CC(=O)O)CC(=O)N1C[C@H]2CC[C@@H](C1)C2O. The molecule has 224 valence electrons. The molecule has 12 nitrogen and oxygen atoms in total. The van der Waals surface area contributed by atoms with Gasteiger partial charge < -0.3 is 30.2 Å². The van der Waals surface area contributed by atoms with Crippen LogP contribution in [0.25, 0.3) is 0 Å². The summed E-state index contributed by atoms with van der Waals surface area (Å²) in [5, 5.41) is 40.2. The lowest BCUT2D eigenvalue weighted by atomic mass is 9.87. The second kappa shape index (κ2) is 12.3. The molecule has 5 unspecified atom stereocenters. The van der Waals surface area contributed by atoms with E-state index in [9.17, 15) is 39.6 Å². The highest BCUT2D eigenvalue weighted by Gasteiger charge is 2.45. The van der Waals surface area contributed by atoms with E-state index in [2.05, 4.69) is 0 Å². The monoisotopic (exact) mass is 564 g/mol. The van der Waals surface area contributed by atoms with Gasteiger partial charge in [0.1, 0.15) is 0 Å². The molecule has 5 fully saturated rings. The zero-order valence-corrected chi connectivity index (χ0v) is 23.1. The summed E-state index contributed by atoms with van der Waals surface area (Å²) >= 11 is 0. The van der Waals surface area contributed by atoms with Crippen LogP contribution < -0.4 is 0 Å². The Labute approximate surface area is 234 Å². The van der Waals surface area contributed by atoms with Gasteiger partial charge in [-0.1, -0.05) is 12.8 Å². The summed E-state index contributed by atoms with van der Waals surface area (Å²) in [6.45, 7) is 0.998. The van der Waals surface area contributed by atoms with Crippen molar-refractivity contribution in [1.29, 1.82) is 0 Å². The maximum Gasteiger partial charge on any atom is 0.317 e. The molecular weight excluding hydrogens is 520 g/mol. The van der Waals surface area contributed by atoms with E-state index < -0.39 is 11.9 Å².